The standard InChI is InChI=1S/C12H12ClN3O/c1-2-6-16-8-9(7-15-16)12(17)11-10(13)4-3-5-14-11/h3-5,7-8H,2,6H2,1H3. The summed E-state index contributed by atoms with van der Waals surface area (Å²) < 4.78 is 1.74. The molecule has 0 spiro atoms. The van der Waals surface area contributed by atoms with Gasteiger partial charge in [0.1, 0.15) is 5.69 Å². The molecule has 0 N–H and O–H groups in total. The predicted octanol–water partition coefficient (Wildman–Crippen LogP) is 2.57. The number of ketones is 1. The van der Waals surface area contributed by atoms with E-state index >= 15 is 0 Å². The molecule has 2 heterocycles. The number of aryl methyl sites for hydroxylation is 1. The monoisotopic (exact) mass is 249 g/mol. The predicted molar refractivity (Wildman–Crippen MR) is 65.2 cm³/mol. The van der Waals surface area contributed by atoms with Crippen molar-refractivity contribution >= 4 is 17.4 Å². The number of aromatic nitrogens is 3. The van der Waals surface area contributed by atoms with E-state index in [1.165, 1.54) is 0 Å². The molecule has 0 aliphatic carbocycles. The van der Waals surface area contributed by atoms with E-state index in [-0.39, 0.29) is 11.5 Å². The van der Waals surface area contributed by atoms with Crippen LogP contribution in [0.5, 0.6) is 0 Å². The Morgan fingerprint density at radius 1 is 1.53 bits per heavy atom. The topological polar surface area (TPSA) is 47.8 Å². The summed E-state index contributed by atoms with van der Waals surface area (Å²) in [6.45, 7) is 2.85. The van der Waals surface area contributed by atoms with Crippen LogP contribution in [-0.2, 0) is 6.54 Å². The molecular weight excluding hydrogens is 238 g/mol. The fourth-order valence-electron chi connectivity index (χ4n) is 1.52. The summed E-state index contributed by atoms with van der Waals surface area (Å²) >= 11 is 5.93. The molecule has 5 heteroatoms. The van der Waals surface area contributed by atoms with Gasteiger partial charge in [-0.05, 0) is 18.6 Å². The summed E-state index contributed by atoms with van der Waals surface area (Å²) in [5.41, 5.74) is 0.782. The molecule has 0 radical (unpaired) electrons. The third-order valence-corrected chi connectivity index (χ3v) is 2.63. The Labute approximate surface area is 104 Å². The van der Waals surface area contributed by atoms with Crippen molar-refractivity contribution in [1.29, 1.82) is 0 Å². The van der Waals surface area contributed by atoms with Gasteiger partial charge in [-0.3, -0.25) is 14.5 Å². The number of hydrogen-bond donors (Lipinski definition) is 0. The van der Waals surface area contributed by atoms with Crippen LogP contribution in [0.3, 0.4) is 0 Å². The first-order valence-corrected chi connectivity index (χ1v) is 5.78. The van der Waals surface area contributed by atoms with Crippen molar-refractivity contribution in [3.05, 3.63) is 47.0 Å². The van der Waals surface area contributed by atoms with Crippen LogP contribution >= 0.6 is 11.6 Å². The van der Waals surface area contributed by atoms with Crippen LogP contribution < -0.4 is 0 Å². The minimum absolute atomic E-state index is 0.196. The molecule has 0 saturated heterocycles. The maximum absolute atomic E-state index is 12.1. The van der Waals surface area contributed by atoms with Gasteiger partial charge in [0.2, 0.25) is 5.78 Å². The lowest BCUT2D eigenvalue weighted by molar-refractivity contribution is 0.103. The van der Waals surface area contributed by atoms with Crippen molar-refractivity contribution in [2.45, 2.75) is 19.9 Å². The van der Waals surface area contributed by atoms with Crippen LogP contribution in [0.15, 0.2) is 30.7 Å². The summed E-state index contributed by atoms with van der Waals surface area (Å²) in [7, 11) is 0. The first-order chi connectivity index (χ1) is 8.22. The molecule has 0 aromatic carbocycles. The van der Waals surface area contributed by atoms with Gasteiger partial charge in [-0.2, -0.15) is 5.10 Å². The maximum Gasteiger partial charge on any atom is 0.216 e. The molecule has 0 bridgehead atoms. The molecule has 0 aliphatic rings. The SMILES string of the molecule is CCCn1cc(C(=O)c2ncccc2Cl)cn1. The van der Waals surface area contributed by atoms with Crippen LogP contribution in [0, 0.1) is 0 Å². The van der Waals surface area contributed by atoms with Crippen LogP contribution in [0.2, 0.25) is 5.02 Å². The largest absolute Gasteiger partial charge is 0.287 e. The Bertz CT molecular complexity index is 536. The molecule has 0 fully saturated rings. The first-order valence-electron chi connectivity index (χ1n) is 5.40. The van der Waals surface area contributed by atoms with Gasteiger partial charge in [0.05, 0.1) is 16.8 Å². The summed E-state index contributed by atoms with van der Waals surface area (Å²) in [5.74, 6) is -0.196. The second-order valence-electron chi connectivity index (χ2n) is 3.66. The highest BCUT2D eigenvalue weighted by molar-refractivity contribution is 6.34. The van der Waals surface area contributed by atoms with Crippen molar-refractivity contribution in [1.82, 2.24) is 14.8 Å². The van der Waals surface area contributed by atoms with Crippen molar-refractivity contribution in [2.24, 2.45) is 0 Å². The Hall–Kier alpha value is -1.68. The lowest BCUT2D eigenvalue weighted by Gasteiger charge is -1.99. The van der Waals surface area contributed by atoms with Gasteiger partial charge in [0.25, 0.3) is 0 Å². The molecule has 0 saturated carbocycles. The van der Waals surface area contributed by atoms with E-state index in [1.54, 1.807) is 35.4 Å². The average molecular weight is 250 g/mol. The molecular formula is C12H12ClN3O. The fourth-order valence-corrected chi connectivity index (χ4v) is 1.73. The van der Waals surface area contributed by atoms with Gasteiger partial charge in [-0.25, -0.2) is 0 Å². The molecule has 17 heavy (non-hydrogen) atoms. The minimum Gasteiger partial charge on any atom is -0.287 e. The van der Waals surface area contributed by atoms with E-state index in [2.05, 4.69) is 17.0 Å². The zero-order valence-electron chi connectivity index (χ0n) is 9.43. The molecule has 2 aromatic heterocycles. The Morgan fingerprint density at radius 3 is 3.06 bits per heavy atom. The highest BCUT2D eigenvalue weighted by Crippen LogP contribution is 2.16. The van der Waals surface area contributed by atoms with Gasteiger partial charge >= 0.3 is 0 Å². The summed E-state index contributed by atoms with van der Waals surface area (Å²) in [6, 6.07) is 3.35. The second-order valence-corrected chi connectivity index (χ2v) is 4.06. The number of carbonyl (C=O) groups is 1. The maximum atomic E-state index is 12.1. The van der Waals surface area contributed by atoms with Gasteiger partial charge in [-0.15, -0.1) is 0 Å². The number of carbonyl (C=O) groups excluding carboxylic acids is 1. The lowest BCUT2D eigenvalue weighted by Crippen LogP contribution is -2.04. The van der Waals surface area contributed by atoms with Gasteiger partial charge in [0.15, 0.2) is 0 Å². The van der Waals surface area contributed by atoms with E-state index in [1.807, 2.05) is 0 Å². The Morgan fingerprint density at radius 2 is 2.35 bits per heavy atom. The third-order valence-electron chi connectivity index (χ3n) is 2.32. The van der Waals surface area contributed by atoms with Gasteiger partial charge in [0, 0.05) is 18.9 Å². The normalized spacial score (nSPS) is 10.5. The first kappa shape index (κ1) is 11.8. The molecule has 2 rings (SSSR count). The Kier molecular flexibility index (Phi) is 3.54. The second kappa shape index (κ2) is 5.10. The summed E-state index contributed by atoms with van der Waals surface area (Å²) in [4.78, 5) is 16.1. The highest BCUT2D eigenvalue weighted by atomic mass is 35.5. The smallest absolute Gasteiger partial charge is 0.216 e. The third kappa shape index (κ3) is 2.53. The quantitative estimate of drug-likeness (QED) is 0.783. The molecule has 4 nitrogen and oxygen atoms in total. The minimum atomic E-state index is -0.196. The molecule has 0 atom stereocenters. The van der Waals surface area contributed by atoms with E-state index < -0.39 is 0 Å². The number of rotatable bonds is 4. The van der Waals surface area contributed by atoms with E-state index in [4.69, 9.17) is 11.6 Å². The van der Waals surface area contributed by atoms with Crippen molar-refractivity contribution in [2.75, 3.05) is 0 Å². The molecule has 0 amide bonds. The molecule has 2 aromatic rings. The van der Waals surface area contributed by atoms with E-state index in [0.29, 0.717) is 10.6 Å². The molecule has 0 aliphatic heterocycles. The number of pyridine rings is 1. The van der Waals surface area contributed by atoms with E-state index in [9.17, 15) is 4.79 Å². The zero-order valence-corrected chi connectivity index (χ0v) is 10.2. The summed E-state index contributed by atoms with van der Waals surface area (Å²) in [6.07, 6.45) is 5.79. The highest BCUT2D eigenvalue weighted by Gasteiger charge is 2.15. The Balaban J connectivity index is 2.28. The van der Waals surface area contributed by atoms with Crippen LogP contribution in [-0.4, -0.2) is 20.5 Å². The number of halogens is 1. The summed E-state index contributed by atoms with van der Waals surface area (Å²) in [5, 5.41) is 4.47. The lowest BCUT2D eigenvalue weighted by atomic mass is 10.1. The van der Waals surface area contributed by atoms with Crippen molar-refractivity contribution < 1.29 is 4.79 Å². The number of hydrogen-bond acceptors (Lipinski definition) is 3. The van der Waals surface area contributed by atoms with E-state index in [0.717, 1.165) is 13.0 Å². The van der Waals surface area contributed by atoms with Gasteiger partial charge in [-0.1, -0.05) is 18.5 Å². The zero-order chi connectivity index (χ0) is 12.3. The fraction of sp³-hybridized carbons (Fsp3) is 0.250. The van der Waals surface area contributed by atoms with Gasteiger partial charge < -0.3 is 0 Å². The van der Waals surface area contributed by atoms with Crippen LogP contribution in [0.1, 0.15) is 29.4 Å². The van der Waals surface area contributed by atoms with Crippen LogP contribution in [0.4, 0.5) is 0 Å². The van der Waals surface area contributed by atoms with Crippen molar-refractivity contribution in [3.63, 3.8) is 0 Å². The average Bonchev–Trinajstić information content (AvgIpc) is 2.78. The van der Waals surface area contributed by atoms with Crippen LogP contribution in [0.25, 0.3) is 0 Å². The molecule has 0 unspecified atom stereocenters. The molecule has 88 valence electrons. The number of nitrogens with zero attached hydrogens (tertiary/aromatic N) is 3. The van der Waals surface area contributed by atoms with Crippen molar-refractivity contribution in [3.8, 4) is 0 Å².